The summed E-state index contributed by atoms with van der Waals surface area (Å²) in [4.78, 5) is 16.8. The summed E-state index contributed by atoms with van der Waals surface area (Å²) in [6.07, 6.45) is -3.93. The molecular weight excluding hydrogens is 241 g/mol. The molecule has 0 saturated carbocycles. The molecule has 1 aromatic rings. The third-order valence-corrected chi connectivity index (χ3v) is 2.40. The summed E-state index contributed by atoms with van der Waals surface area (Å²) in [5.41, 5.74) is 0. The molecule has 0 atom stereocenters. The highest BCUT2D eigenvalue weighted by Gasteiger charge is 2.39. The lowest BCUT2D eigenvalue weighted by molar-refractivity contribution is -0.159. The van der Waals surface area contributed by atoms with Crippen molar-refractivity contribution in [2.24, 2.45) is 0 Å². The van der Waals surface area contributed by atoms with Crippen molar-refractivity contribution in [3.8, 4) is 0 Å². The van der Waals surface area contributed by atoms with E-state index in [1.54, 1.807) is 4.90 Å². The van der Waals surface area contributed by atoms with Gasteiger partial charge in [0.25, 0.3) is 5.95 Å². The van der Waals surface area contributed by atoms with Gasteiger partial charge in [0.1, 0.15) is 0 Å². The van der Waals surface area contributed by atoms with Gasteiger partial charge in [-0.1, -0.05) is 0 Å². The van der Waals surface area contributed by atoms with Crippen LogP contribution in [0.5, 0.6) is 0 Å². The summed E-state index contributed by atoms with van der Waals surface area (Å²) in [6.45, 7) is 1.63. The zero-order valence-corrected chi connectivity index (χ0v) is 8.65. The summed E-state index contributed by atoms with van der Waals surface area (Å²) < 4.78 is 40.8. The number of piperazine rings is 1. The first-order chi connectivity index (χ1) is 8.00. The Bertz CT molecular complexity index is 398. The second-order valence-electron chi connectivity index (χ2n) is 3.53. The highest BCUT2D eigenvalue weighted by molar-refractivity contribution is 5.48. The van der Waals surface area contributed by atoms with Gasteiger partial charge < -0.3 is 14.3 Å². The Kier molecular flexibility index (Phi) is 2.90. The second kappa shape index (κ2) is 4.22. The van der Waals surface area contributed by atoms with Gasteiger partial charge in [-0.05, 0) is 5.16 Å². The summed E-state index contributed by atoms with van der Waals surface area (Å²) in [5, 5.41) is 3.27. The van der Waals surface area contributed by atoms with Gasteiger partial charge in [-0.2, -0.15) is 18.2 Å². The van der Waals surface area contributed by atoms with Crippen molar-refractivity contribution in [3.63, 3.8) is 0 Å². The van der Waals surface area contributed by atoms with Crippen LogP contribution < -0.4 is 4.90 Å². The maximum Gasteiger partial charge on any atom is 0.471 e. The Labute approximate surface area is 94.0 Å². The zero-order chi connectivity index (χ0) is 12.5. The van der Waals surface area contributed by atoms with Gasteiger partial charge in [0.15, 0.2) is 0 Å². The first kappa shape index (κ1) is 11.7. The topological polar surface area (TPSA) is 62.5 Å². The molecule has 9 heteroatoms. The van der Waals surface area contributed by atoms with E-state index in [1.807, 2.05) is 0 Å². The van der Waals surface area contributed by atoms with E-state index in [0.717, 1.165) is 0 Å². The lowest BCUT2D eigenvalue weighted by Gasteiger charge is -2.31. The number of anilines is 1. The molecule has 0 unspecified atom stereocenters. The van der Waals surface area contributed by atoms with Crippen LogP contribution in [0.4, 0.5) is 19.1 Å². The number of hydrogen-bond donors (Lipinski definition) is 0. The molecule has 0 aromatic carbocycles. The highest BCUT2D eigenvalue weighted by Crippen LogP contribution is 2.28. The van der Waals surface area contributed by atoms with Crippen LogP contribution >= 0.6 is 0 Å². The van der Waals surface area contributed by atoms with E-state index in [9.17, 15) is 18.0 Å². The number of amides is 1. The molecule has 1 aliphatic heterocycles. The average Bonchev–Trinajstić information content (AvgIpc) is 2.78. The molecule has 0 spiro atoms. The van der Waals surface area contributed by atoms with Gasteiger partial charge >= 0.3 is 12.1 Å². The number of halogens is 3. The van der Waals surface area contributed by atoms with Gasteiger partial charge in [0.2, 0.25) is 6.41 Å². The van der Waals surface area contributed by atoms with E-state index >= 15 is 0 Å². The van der Waals surface area contributed by atoms with Crippen LogP contribution in [-0.2, 0) is 11.0 Å². The minimum Gasteiger partial charge on any atom is -0.342 e. The molecule has 1 saturated heterocycles. The smallest absolute Gasteiger partial charge is 0.342 e. The Morgan fingerprint density at radius 2 is 1.88 bits per heavy atom. The molecule has 1 aliphatic rings. The summed E-state index contributed by atoms with van der Waals surface area (Å²) in [5.74, 6) is -1.45. The molecule has 94 valence electrons. The summed E-state index contributed by atoms with van der Waals surface area (Å²) in [6, 6.07) is 0. The van der Waals surface area contributed by atoms with Crippen LogP contribution in [0.3, 0.4) is 0 Å². The molecule has 1 fully saturated rings. The first-order valence-electron chi connectivity index (χ1n) is 4.86. The normalized spacial score (nSPS) is 17.4. The summed E-state index contributed by atoms with van der Waals surface area (Å²) in [7, 11) is 0. The predicted octanol–water partition coefficient (Wildman–Crippen LogP) is 0.367. The third-order valence-electron chi connectivity index (χ3n) is 2.40. The van der Waals surface area contributed by atoms with Crippen LogP contribution in [0.1, 0.15) is 5.89 Å². The minimum absolute atomic E-state index is 0.0946. The molecule has 0 N–H and O–H groups in total. The van der Waals surface area contributed by atoms with Gasteiger partial charge in [0, 0.05) is 26.2 Å². The number of nitrogens with zero attached hydrogens (tertiary/aromatic N) is 4. The van der Waals surface area contributed by atoms with Gasteiger partial charge in [-0.25, -0.2) is 0 Å². The Morgan fingerprint density at radius 1 is 1.24 bits per heavy atom. The quantitative estimate of drug-likeness (QED) is 0.709. The molecule has 0 radical (unpaired) electrons. The number of carbonyl (C=O) groups excluding carboxylic acids is 1. The van der Waals surface area contributed by atoms with E-state index in [0.29, 0.717) is 32.6 Å². The van der Waals surface area contributed by atoms with Crippen molar-refractivity contribution >= 4 is 12.4 Å². The van der Waals surface area contributed by atoms with Crippen molar-refractivity contribution in [3.05, 3.63) is 5.89 Å². The number of alkyl halides is 3. The van der Waals surface area contributed by atoms with Crippen LogP contribution in [0, 0.1) is 0 Å². The summed E-state index contributed by atoms with van der Waals surface area (Å²) >= 11 is 0. The van der Waals surface area contributed by atoms with E-state index in [1.165, 1.54) is 4.90 Å². The fourth-order valence-corrected chi connectivity index (χ4v) is 1.49. The van der Waals surface area contributed by atoms with Crippen LogP contribution in [0.2, 0.25) is 0 Å². The third kappa shape index (κ3) is 2.48. The van der Waals surface area contributed by atoms with E-state index < -0.39 is 12.1 Å². The maximum atomic E-state index is 12.2. The molecule has 1 aromatic heterocycles. The van der Waals surface area contributed by atoms with Crippen LogP contribution in [-0.4, -0.2) is 47.6 Å². The molecule has 17 heavy (non-hydrogen) atoms. The van der Waals surface area contributed by atoms with Crippen molar-refractivity contribution in [2.75, 3.05) is 31.1 Å². The van der Waals surface area contributed by atoms with E-state index in [2.05, 4.69) is 14.7 Å². The van der Waals surface area contributed by atoms with Gasteiger partial charge in [-0.3, -0.25) is 4.79 Å². The van der Waals surface area contributed by atoms with Crippen LogP contribution in [0.25, 0.3) is 0 Å². The van der Waals surface area contributed by atoms with Gasteiger partial charge in [-0.15, -0.1) is 0 Å². The fourth-order valence-electron chi connectivity index (χ4n) is 1.49. The van der Waals surface area contributed by atoms with Crippen molar-refractivity contribution in [2.45, 2.75) is 6.18 Å². The van der Waals surface area contributed by atoms with Gasteiger partial charge in [0.05, 0.1) is 0 Å². The monoisotopic (exact) mass is 250 g/mol. The predicted molar refractivity (Wildman–Crippen MR) is 49.2 cm³/mol. The van der Waals surface area contributed by atoms with Crippen molar-refractivity contribution in [1.29, 1.82) is 0 Å². The number of aromatic nitrogens is 2. The number of rotatable bonds is 2. The fraction of sp³-hybridized carbons (Fsp3) is 0.625. The second-order valence-corrected chi connectivity index (χ2v) is 3.53. The number of carbonyl (C=O) groups is 1. The van der Waals surface area contributed by atoms with Crippen LogP contribution in [0.15, 0.2) is 4.52 Å². The molecule has 2 heterocycles. The lowest BCUT2D eigenvalue weighted by atomic mass is 10.3. The highest BCUT2D eigenvalue weighted by atomic mass is 19.4. The molecule has 2 rings (SSSR count). The van der Waals surface area contributed by atoms with E-state index in [4.69, 9.17) is 0 Å². The molecule has 0 bridgehead atoms. The zero-order valence-electron chi connectivity index (χ0n) is 8.65. The molecular formula is C8H9F3N4O2. The van der Waals surface area contributed by atoms with E-state index in [-0.39, 0.29) is 5.95 Å². The molecule has 0 aliphatic carbocycles. The average molecular weight is 250 g/mol. The number of hydrogen-bond acceptors (Lipinski definition) is 5. The largest absolute Gasteiger partial charge is 0.471 e. The lowest BCUT2D eigenvalue weighted by Crippen LogP contribution is -2.46. The molecule has 1 amide bonds. The first-order valence-corrected chi connectivity index (χ1v) is 4.86. The standard InChI is InChI=1S/C8H9F3N4O2/c9-8(10,11)6-12-7(13-17-6)15-3-1-14(5-16)2-4-15/h5H,1-4H2. The van der Waals surface area contributed by atoms with Crippen molar-refractivity contribution in [1.82, 2.24) is 15.0 Å². The van der Waals surface area contributed by atoms with Crippen molar-refractivity contribution < 1.29 is 22.5 Å². The Hall–Kier alpha value is -1.80. The minimum atomic E-state index is -4.63. The molecule has 6 nitrogen and oxygen atoms in total. The Morgan fingerprint density at radius 3 is 2.35 bits per heavy atom. The maximum absolute atomic E-state index is 12.2. The Balaban J connectivity index is 2.04. The SMILES string of the molecule is O=CN1CCN(c2noc(C(F)(F)F)n2)CC1.